The van der Waals surface area contributed by atoms with E-state index in [1.54, 1.807) is 6.21 Å². The highest BCUT2D eigenvalue weighted by atomic mass is 16.5. The molecule has 2 aromatic carbocycles. The van der Waals surface area contributed by atoms with Gasteiger partial charge < -0.3 is 4.74 Å². The van der Waals surface area contributed by atoms with Crippen molar-refractivity contribution in [2.45, 2.75) is 20.0 Å². The van der Waals surface area contributed by atoms with Crippen LogP contribution in [0.3, 0.4) is 0 Å². The summed E-state index contributed by atoms with van der Waals surface area (Å²) in [6, 6.07) is 19.4. The molecule has 122 valence electrons. The number of benzene rings is 2. The number of carbonyl (C=O) groups excluding carboxylic acids is 1. The average Bonchev–Trinajstić information content (AvgIpc) is 2.61. The molecule has 0 aliphatic heterocycles. The maximum absolute atomic E-state index is 11.4. The quantitative estimate of drug-likeness (QED) is 0.580. The second kappa shape index (κ2) is 9.11. The van der Waals surface area contributed by atoms with Crippen LogP contribution in [0.15, 0.2) is 59.7 Å². The average molecular weight is 321 g/mol. The Morgan fingerprint density at radius 1 is 1.21 bits per heavy atom. The number of nitrogens with zero attached hydrogens (tertiary/aromatic N) is 3. The number of rotatable bonds is 7. The third kappa shape index (κ3) is 5.58. The van der Waals surface area contributed by atoms with E-state index in [1.807, 2.05) is 60.7 Å². The van der Waals surface area contributed by atoms with Gasteiger partial charge in [-0.3, -0.25) is 4.79 Å². The molecule has 0 aliphatic rings. The minimum absolute atomic E-state index is 0.190. The fraction of sp³-hybridized carbons (Fsp3) is 0.211. The first-order chi connectivity index (χ1) is 11.7. The van der Waals surface area contributed by atoms with Gasteiger partial charge >= 0.3 is 0 Å². The van der Waals surface area contributed by atoms with Crippen molar-refractivity contribution < 1.29 is 9.53 Å². The monoisotopic (exact) mass is 321 g/mol. The second-order valence-electron chi connectivity index (χ2n) is 5.14. The number of hydrogen-bond acceptors (Lipinski definition) is 4. The molecule has 0 bridgehead atoms. The lowest BCUT2D eigenvalue weighted by atomic mass is 10.2. The Bertz CT molecular complexity index is 719. The van der Waals surface area contributed by atoms with Gasteiger partial charge in [0.15, 0.2) is 0 Å². The summed E-state index contributed by atoms with van der Waals surface area (Å²) in [5, 5.41) is 14.0. The Morgan fingerprint density at radius 3 is 2.54 bits per heavy atom. The van der Waals surface area contributed by atoms with Gasteiger partial charge in [0, 0.05) is 6.92 Å². The maximum atomic E-state index is 11.4. The van der Waals surface area contributed by atoms with Gasteiger partial charge in [0.2, 0.25) is 5.91 Å². The van der Waals surface area contributed by atoms with Gasteiger partial charge in [-0.25, -0.2) is 5.01 Å². The highest BCUT2D eigenvalue weighted by Gasteiger charge is 2.05. The molecule has 0 N–H and O–H groups in total. The van der Waals surface area contributed by atoms with E-state index in [0.717, 1.165) is 16.9 Å². The first-order valence-corrected chi connectivity index (χ1v) is 7.65. The molecule has 0 radical (unpaired) electrons. The standard InChI is InChI=1S/C19H19N3O2/c1-16(23)22(13-5-12-20)21-14-17-8-10-19(11-9-17)24-15-18-6-3-2-4-7-18/h2-4,6-11,14H,5,13,15H2,1H3/b21-14+. The van der Waals surface area contributed by atoms with Gasteiger partial charge in [-0.05, 0) is 35.4 Å². The summed E-state index contributed by atoms with van der Waals surface area (Å²) in [7, 11) is 0. The van der Waals surface area contributed by atoms with E-state index in [0.29, 0.717) is 13.2 Å². The molecule has 0 saturated heterocycles. The topological polar surface area (TPSA) is 65.7 Å². The maximum Gasteiger partial charge on any atom is 0.239 e. The van der Waals surface area contributed by atoms with E-state index >= 15 is 0 Å². The van der Waals surface area contributed by atoms with Crippen LogP contribution in [0.25, 0.3) is 0 Å². The summed E-state index contributed by atoms with van der Waals surface area (Å²) in [6.07, 6.45) is 1.85. The molecule has 0 spiro atoms. The number of hydrazone groups is 1. The van der Waals surface area contributed by atoms with Crippen molar-refractivity contribution in [2.24, 2.45) is 5.10 Å². The smallest absolute Gasteiger partial charge is 0.239 e. The van der Waals surface area contributed by atoms with Crippen molar-refractivity contribution in [3.8, 4) is 11.8 Å². The molecule has 0 fully saturated rings. The number of carbonyl (C=O) groups is 1. The Kier molecular flexibility index (Phi) is 6.54. The van der Waals surface area contributed by atoms with Crippen molar-refractivity contribution in [1.82, 2.24) is 5.01 Å². The lowest BCUT2D eigenvalue weighted by molar-refractivity contribution is -0.128. The van der Waals surface area contributed by atoms with E-state index in [1.165, 1.54) is 11.9 Å². The van der Waals surface area contributed by atoms with Gasteiger partial charge in [0.1, 0.15) is 12.4 Å². The van der Waals surface area contributed by atoms with Crippen LogP contribution in [-0.2, 0) is 11.4 Å². The molecule has 0 aromatic heterocycles. The number of hydrogen-bond donors (Lipinski definition) is 0. The van der Waals surface area contributed by atoms with Crippen molar-refractivity contribution in [3.63, 3.8) is 0 Å². The van der Waals surface area contributed by atoms with E-state index in [4.69, 9.17) is 10.00 Å². The van der Waals surface area contributed by atoms with Gasteiger partial charge in [0.25, 0.3) is 0 Å². The van der Waals surface area contributed by atoms with Crippen LogP contribution in [0, 0.1) is 11.3 Å². The lowest BCUT2D eigenvalue weighted by Crippen LogP contribution is -2.24. The summed E-state index contributed by atoms with van der Waals surface area (Å²) >= 11 is 0. The van der Waals surface area contributed by atoms with E-state index < -0.39 is 0 Å². The van der Waals surface area contributed by atoms with Crippen LogP contribution in [0.2, 0.25) is 0 Å². The summed E-state index contributed by atoms with van der Waals surface area (Å²) in [5.41, 5.74) is 1.96. The zero-order chi connectivity index (χ0) is 17.2. The molecule has 2 aromatic rings. The number of nitriles is 1. The third-order valence-electron chi connectivity index (χ3n) is 3.27. The van der Waals surface area contributed by atoms with Gasteiger partial charge in [-0.1, -0.05) is 30.3 Å². The zero-order valence-corrected chi connectivity index (χ0v) is 13.6. The number of amides is 1. The first-order valence-electron chi connectivity index (χ1n) is 7.65. The number of ether oxygens (including phenoxy) is 1. The Hall–Kier alpha value is -3.13. The van der Waals surface area contributed by atoms with E-state index in [2.05, 4.69) is 5.10 Å². The Balaban J connectivity index is 1.92. The van der Waals surface area contributed by atoms with Crippen molar-refractivity contribution in [1.29, 1.82) is 5.26 Å². The van der Waals surface area contributed by atoms with Crippen molar-refractivity contribution in [3.05, 3.63) is 65.7 Å². The molecule has 1 amide bonds. The van der Waals surface area contributed by atoms with Crippen molar-refractivity contribution in [2.75, 3.05) is 6.54 Å². The van der Waals surface area contributed by atoms with E-state index in [-0.39, 0.29) is 12.3 Å². The van der Waals surface area contributed by atoms with Crippen molar-refractivity contribution >= 4 is 12.1 Å². The molecule has 0 heterocycles. The molecule has 0 aliphatic carbocycles. The summed E-state index contributed by atoms with van der Waals surface area (Å²) in [4.78, 5) is 11.4. The zero-order valence-electron chi connectivity index (χ0n) is 13.6. The molecule has 5 nitrogen and oxygen atoms in total. The molecule has 2 rings (SSSR count). The van der Waals surface area contributed by atoms with E-state index in [9.17, 15) is 4.79 Å². The minimum atomic E-state index is -0.190. The predicted molar refractivity (Wildman–Crippen MR) is 92.4 cm³/mol. The van der Waals surface area contributed by atoms with Gasteiger partial charge in [-0.2, -0.15) is 10.4 Å². The van der Waals surface area contributed by atoms with Crippen LogP contribution in [0.5, 0.6) is 5.75 Å². The molecule has 5 heteroatoms. The van der Waals surface area contributed by atoms with Crippen LogP contribution in [0.4, 0.5) is 0 Å². The molecule has 24 heavy (non-hydrogen) atoms. The van der Waals surface area contributed by atoms with Gasteiger partial charge in [0.05, 0.1) is 25.2 Å². The Labute approximate surface area is 141 Å². The second-order valence-corrected chi connectivity index (χ2v) is 5.14. The fourth-order valence-electron chi connectivity index (χ4n) is 1.98. The Morgan fingerprint density at radius 2 is 1.92 bits per heavy atom. The highest BCUT2D eigenvalue weighted by Crippen LogP contribution is 2.13. The minimum Gasteiger partial charge on any atom is -0.489 e. The molecular formula is C19H19N3O2. The SMILES string of the molecule is CC(=O)N(CCC#N)/N=C/c1ccc(OCc2ccccc2)cc1. The predicted octanol–water partition coefficient (Wildman–Crippen LogP) is 3.36. The summed E-state index contributed by atoms with van der Waals surface area (Å²) < 4.78 is 5.72. The summed E-state index contributed by atoms with van der Waals surface area (Å²) in [5.74, 6) is 0.577. The van der Waals surface area contributed by atoms with Crippen LogP contribution in [0.1, 0.15) is 24.5 Å². The molecule has 0 saturated carbocycles. The van der Waals surface area contributed by atoms with Crippen LogP contribution >= 0.6 is 0 Å². The highest BCUT2D eigenvalue weighted by molar-refractivity contribution is 5.81. The molecule has 0 unspecified atom stereocenters. The summed E-state index contributed by atoms with van der Waals surface area (Å²) in [6.45, 7) is 2.23. The first kappa shape index (κ1) is 17.2. The van der Waals surface area contributed by atoms with Crippen LogP contribution < -0.4 is 4.74 Å². The molecular weight excluding hydrogens is 302 g/mol. The fourth-order valence-corrected chi connectivity index (χ4v) is 1.98. The third-order valence-corrected chi connectivity index (χ3v) is 3.27. The van der Waals surface area contributed by atoms with Gasteiger partial charge in [-0.15, -0.1) is 0 Å². The molecule has 0 atom stereocenters. The van der Waals surface area contributed by atoms with Crippen LogP contribution in [-0.4, -0.2) is 23.7 Å². The lowest BCUT2D eigenvalue weighted by Gasteiger charge is -2.12. The largest absolute Gasteiger partial charge is 0.489 e. The normalized spacial score (nSPS) is 10.3.